The number of carbonyl (C=O) groups is 1. The Hall–Kier alpha value is -1.42. The number of hydrogen-bond acceptors (Lipinski definition) is 3. The van der Waals surface area contributed by atoms with E-state index in [4.69, 9.17) is 4.74 Å². The number of aryl methyl sites for hydroxylation is 1. The molecule has 2 saturated heterocycles. The monoisotopic (exact) mass is 246 g/mol. The fraction of sp³-hybridized carbons (Fsp3) is 0.571. The average Bonchev–Trinajstić information content (AvgIpc) is 2.85. The molecule has 3 rings (SSSR count). The second kappa shape index (κ2) is 4.35. The van der Waals surface area contributed by atoms with Crippen LogP contribution >= 0.6 is 0 Å². The van der Waals surface area contributed by atoms with Gasteiger partial charge in [0.25, 0.3) is 5.91 Å². The Morgan fingerprint density at radius 3 is 3.00 bits per heavy atom. The van der Waals surface area contributed by atoms with Crippen molar-refractivity contribution in [3.63, 3.8) is 0 Å². The molecule has 0 N–H and O–H groups in total. The van der Waals surface area contributed by atoms with E-state index in [0.29, 0.717) is 24.3 Å². The summed E-state index contributed by atoms with van der Waals surface area (Å²) in [6.07, 6.45) is 1.64. The van der Waals surface area contributed by atoms with E-state index in [1.165, 1.54) is 0 Å². The zero-order valence-electron chi connectivity index (χ0n) is 10.8. The highest BCUT2D eigenvalue weighted by Gasteiger charge is 2.42. The Kier molecular flexibility index (Phi) is 2.82. The summed E-state index contributed by atoms with van der Waals surface area (Å²) in [7, 11) is 0. The predicted octanol–water partition coefficient (Wildman–Crippen LogP) is 1.64. The van der Waals surface area contributed by atoms with Crippen LogP contribution in [-0.4, -0.2) is 41.1 Å². The van der Waals surface area contributed by atoms with Gasteiger partial charge in [0.15, 0.2) is 0 Å². The summed E-state index contributed by atoms with van der Waals surface area (Å²) in [6.45, 7) is 5.53. The number of aromatic nitrogens is 1. The lowest BCUT2D eigenvalue weighted by Crippen LogP contribution is -2.31. The summed E-state index contributed by atoms with van der Waals surface area (Å²) < 4.78 is 5.81. The molecule has 2 aliphatic rings. The third-order valence-corrected chi connectivity index (χ3v) is 3.82. The van der Waals surface area contributed by atoms with Gasteiger partial charge in [-0.2, -0.15) is 0 Å². The number of pyridine rings is 1. The SMILES string of the molecule is Cc1cccc(C(=O)N2C[C@@H]3C[C@@H](C)O[C@@H]3C2)n1. The van der Waals surface area contributed by atoms with E-state index in [0.717, 1.165) is 18.7 Å². The van der Waals surface area contributed by atoms with Gasteiger partial charge in [-0.1, -0.05) is 6.07 Å². The summed E-state index contributed by atoms with van der Waals surface area (Å²) in [6, 6.07) is 5.57. The molecule has 0 spiro atoms. The van der Waals surface area contributed by atoms with Crippen molar-refractivity contribution in [1.29, 1.82) is 0 Å². The van der Waals surface area contributed by atoms with Crippen LogP contribution in [0.25, 0.3) is 0 Å². The molecule has 2 fully saturated rings. The number of ether oxygens (including phenoxy) is 1. The molecule has 1 aromatic heterocycles. The van der Waals surface area contributed by atoms with Gasteiger partial charge in [0.2, 0.25) is 0 Å². The highest BCUT2D eigenvalue weighted by Crippen LogP contribution is 2.33. The molecule has 96 valence electrons. The lowest BCUT2D eigenvalue weighted by Gasteiger charge is -2.18. The Morgan fingerprint density at radius 2 is 2.28 bits per heavy atom. The van der Waals surface area contributed by atoms with Gasteiger partial charge in [0.1, 0.15) is 5.69 Å². The van der Waals surface area contributed by atoms with Crippen LogP contribution in [0.3, 0.4) is 0 Å². The van der Waals surface area contributed by atoms with E-state index in [-0.39, 0.29) is 12.0 Å². The minimum Gasteiger partial charge on any atom is -0.373 e. The van der Waals surface area contributed by atoms with Crippen LogP contribution in [-0.2, 0) is 4.74 Å². The van der Waals surface area contributed by atoms with E-state index in [9.17, 15) is 4.79 Å². The number of likely N-dealkylation sites (tertiary alicyclic amines) is 1. The Morgan fingerprint density at radius 1 is 1.44 bits per heavy atom. The number of nitrogens with zero attached hydrogens (tertiary/aromatic N) is 2. The number of amides is 1. The van der Waals surface area contributed by atoms with E-state index in [2.05, 4.69) is 11.9 Å². The molecular formula is C14H18N2O2. The van der Waals surface area contributed by atoms with Gasteiger partial charge in [-0.25, -0.2) is 4.98 Å². The van der Waals surface area contributed by atoms with Crippen LogP contribution < -0.4 is 0 Å². The first kappa shape index (κ1) is 11.7. The topological polar surface area (TPSA) is 42.4 Å². The van der Waals surface area contributed by atoms with Crippen LogP contribution in [0.5, 0.6) is 0 Å². The van der Waals surface area contributed by atoms with Gasteiger partial charge in [-0.15, -0.1) is 0 Å². The van der Waals surface area contributed by atoms with Crippen molar-refractivity contribution in [2.24, 2.45) is 5.92 Å². The number of fused-ring (bicyclic) bond motifs is 1. The van der Waals surface area contributed by atoms with Crippen LogP contribution in [0.1, 0.15) is 29.5 Å². The maximum absolute atomic E-state index is 12.3. The molecule has 0 aromatic carbocycles. The zero-order chi connectivity index (χ0) is 12.7. The van der Waals surface area contributed by atoms with Gasteiger partial charge in [-0.3, -0.25) is 4.79 Å². The molecule has 3 atom stereocenters. The first-order valence-corrected chi connectivity index (χ1v) is 6.52. The second-order valence-electron chi connectivity index (χ2n) is 5.36. The van der Waals surface area contributed by atoms with E-state index < -0.39 is 0 Å². The molecule has 0 saturated carbocycles. The van der Waals surface area contributed by atoms with Gasteiger partial charge in [0, 0.05) is 24.7 Å². The Labute approximate surface area is 107 Å². The fourth-order valence-electron chi connectivity index (χ4n) is 2.99. The zero-order valence-corrected chi connectivity index (χ0v) is 10.8. The largest absolute Gasteiger partial charge is 0.373 e. The predicted molar refractivity (Wildman–Crippen MR) is 67.3 cm³/mol. The molecule has 4 nitrogen and oxygen atoms in total. The smallest absolute Gasteiger partial charge is 0.272 e. The standard InChI is InChI=1S/C14H18N2O2/c1-9-4-3-5-12(15-9)14(17)16-7-11-6-10(2)18-13(11)8-16/h3-5,10-11,13H,6-8H2,1-2H3/t10-,11+,13-/m1/s1. The van der Waals surface area contributed by atoms with E-state index >= 15 is 0 Å². The van der Waals surface area contributed by atoms with Crippen molar-refractivity contribution in [2.75, 3.05) is 13.1 Å². The van der Waals surface area contributed by atoms with Crippen LogP contribution in [0.4, 0.5) is 0 Å². The van der Waals surface area contributed by atoms with Crippen LogP contribution in [0, 0.1) is 12.8 Å². The number of hydrogen-bond donors (Lipinski definition) is 0. The highest BCUT2D eigenvalue weighted by molar-refractivity contribution is 5.92. The van der Waals surface area contributed by atoms with Gasteiger partial charge in [0.05, 0.1) is 12.2 Å². The molecule has 4 heteroatoms. The second-order valence-corrected chi connectivity index (χ2v) is 5.36. The molecule has 1 aromatic rings. The quantitative estimate of drug-likeness (QED) is 0.756. The van der Waals surface area contributed by atoms with Crippen molar-refractivity contribution in [1.82, 2.24) is 9.88 Å². The summed E-state index contributed by atoms with van der Waals surface area (Å²) in [5.41, 5.74) is 1.42. The first-order valence-electron chi connectivity index (χ1n) is 6.52. The molecule has 0 bridgehead atoms. The summed E-state index contributed by atoms with van der Waals surface area (Å²) in [5.74, 6) is 0.540. The van der Waals surface area contributed by atoms with Crippen molar-refractivity contribution >= 4 is 5.91 Å². The lowest BCUT2D eigenvalue weighted by atomic mass is 10.0. The third-order valence-electron chi connectivity index (χ3n) is 3.82. The van der Waals surface area contributed by atoms with Gasteiger partial charge >= 0.3 is 0 Å². The van der Waals surface area contributed by atoms with Crippen molar-refractivity contribution < 1.29 is 9.53 Å². The van der Waals surface area contributed by atoms with Crippen LogP contribution in [0.15, 0.2) is 18.2 Å². The van der Waals surface area contributed by atoms with Gasteiger partial charge in [-0.05, 0) is 32.4 Å². The molecule has 2 aliphatic heterocycles. The minimum absolute atomic E-state index is 0.0318. The summed E-state index contributed by atoms with van der Waals surface area (Å²) in [5, 5.41) is 0. The third kappa shape index (κ3) is 2.01. The maximum Gasteiger partial charge on any atom is 0.272 e. The minimum atomic E-state index is 0.0318. The van der Waals surface area contributed by atoms with Crippen LogP contribution in [0.2, 0.25) is 0 Å². The summed E-state index contributed by atoms with van der Waals surface area (Å²) in [4.78, 5) is 18.5. The Bertz CT molecular complexity index is 461. The lowest BCUT2D eigenvalue weighted by molar-refractivity contribution is 0.0441. The molecule has 0 radical (unpaired) electrons. The summed E-state index contributed by atoms with van der Waals surface area (Å²) >= 11 is 0. The van der Waals surface area contributed by atoms with Crippen molar-refractivity contribution in [3.05, 3.63) is 29.6 Å². The maximum atomic E-state index is 12.3. The average molecular weight is 246 g/mol. The molecular weight excluding hydrogens is 228 g/mol. The number of rotatable bonds is 1. The molecule has 18 heavy (non-hydrogen) atoms. The molecule has 0 aliphatic carbocycles. The first-order chi connectivity index (χ1) is 8.63. The van der Waals surface area contributed by atoms with Gasteiger partial charge < -0.3 is 9.64 Å². The number of carbonyl (C=O) groups excluding carboxylic acids is 1. The normalized spacial score (nSPS) is 30.6. The van der Waals surface area contributed by atoms with Crippen molar-refractivity contribution in [3.8, 4) is 0 Å². The highest BCUT2D eigenvalue weighted by atomic mass is 16.5. The Balaban J connectivity index is 1.72. The molecule has 1 amide bonds. The van der Waals surface area contributed by atoms with E-state index in [1.54, 1.807) is 6.07 Å². The fourth-order valence-corrected chi connectivity index (χ4v) is 2.99. The van der Waals surface area contributed by atoms with Crippen molar-refractivity contribution in [2.45, 2.75) is 32.5 Å². The molecule has 0 unspecified atom stereocenters. The molecule has 3 heterocycles. The van der Waals surface area contributed by atoms with E-state index in [1.807, 2.05) is 24.0 Å².